The van der Waals surface area contributed by atoms with Crippen LogP contribution in [-0.4, -0.2) is 21.3 Å². The van der Waals surface area contributed by atoms with Gasteiger partial charge in [-0.2, -0.15) is 5.26 Å². The second-order valence-electron chi connectivity index (χ2n) is 5.45. The SMILES string of the molecule is COc1ccc(S(=O)(=O)CCCCC(C)(C)C#N)cc1. The third kappa shape index (κ3) is 4.86. The summed E-state index contributed by atoms with van der Waals surface area (Å²) in [5, 5.41) is 8.90. The number of unbranched alkanes of at least 4 members (excludes halogenated alkanes) is 1. The van der Waals surface area contributed by atoms with Gasteiger partial charge in [-0.3, -0.25) is 0 Å². The summed E-state index contributed by atoms with van der Waals surface area (Å²) in [6.07, 6.45) is 2.01. The number of sulfone groups is 1. The van der Waals surface area contributed by atoms with Crippen molar-refractivity contribution in [2.24, 2.45) is 5.41 Å². The fourth-order valence-corrected chi connectivity index (χ4v) is 3.19. The van der Waals surface area contributed by atoms with E-state index in [0.717, 1.165) is 6.42 Å². The molecule has 0 aromatic heterocycles. The van der Waals surface area contributed by atoms with E-state index in [2.05, 4.69) is 6.07 Å². The van der Waals surface area contributed by atoms with Crippen LogP contribution in [0.15, 0.2) is 29.2 Å². The van der Waals surface area contributed by atoms with E-state index in [4.69, 9.17) is 10.00 Å². The largest absolute Gasteiger partial charge is 0.497 e. The molecule has 1 rings (SSSR count). The Balaban J connectivity index is 2.56. The smallest absolute Gasteiger partial charge is 0.178 e. The van der Waals surface area contributed by atoms with Crippen molar-refractivity contribution in [2.45, 2.75) is 38.0 Å². The summed E-state index contributed by atoms with van der Waals surface area (Å²) in [4.78, 5) is 0.317. The molecule has 4 nitrogen and oxygen atoms in total. The lowest BCUT2D eigenvalue weighted by Crippen LogP contribution is -2.10. The molecule has 0 bridgehead atoms. The van der Waals surface area contributed by atoms with Crippen LogP contribution in [0.3, 0.4) is 0 Å². The fourth-order valence-electron chi connectivity index (χ4n) is 1.82. The van der Waals surface area contributed by atoms with E-state index in [0.29, 0.717) is 23.5 Å². The van der Waals surface area contributed by atoms with Crippen LogP contribution in [-0.2, 0) is 9.84 Å². The number of ether oxygens (including phenoxy) is 1. The summed E-state index contributed by atoms with van der Waals surface area (Å²) in [5.41, 5.74) is -0.385. The first kappa shape index (κ1) is 16.5. The number of hydrogen-bond donors (Lipinski definition) is 0. The summed E-state index contributed by atoms with van der Waals surface area (Å²) in [7, 11) is -1.71. The summed E-state index contributed by atoms with van der Waals surface area (Å²) in [6, 6.07) is 8.63. The summed E-state index contributed by atoms with van der Waals surface area (Å²) < 4.78 is 29.2. The van der Waals surface area contributed by atoms with Gasteiger partial charge in [-0.05, 0) is 51.0 Å². The molecule has 0 aliphatic heterocycles. The zero-order chi connectivity index (χ0) is 15.2. The Morgan fingerprint density at radius 1 is 1.20 bits per heavy atom. The Morgan fingerprint density at radius 2 is 1.80 bits per heavy atom. The van der Waals surface area contributed by atoms with E-state index >= 15 is 0 Å². The van der Waals surface area contributed by atoms with Crippen molar-refractivity contribution in [3.8, 4) is 11.8 Å². The summed E-state index contributed by atoms with van der Waals surface area (Å²) >= 11 is 0. The third-order valence-corrected chi connectivity index (χ3v) is 5.00. The minimum Gasteiger partial charge on any atom is -0.497 e. The van der Waals surface area contributed by atoms with Crippen LogP contribution in [0.4, 0.5) is 0 Å². The van der Waals surface area contributed by atoms with Crippen LogP contribution >= 0.6 is 0 Å². The van der Waals surface area contributed by atoms with Gasteiger partial charge in [-0.15, -0.1) is 0 Å². The fraction of sp³-hybridized carbons (Fsp3) is 0.533. The van der Waals surface area contributed by atoms with Crippen LogP contribution in [0.25, 0.3) is 0 Å². The molecule has 0 aliphatic rings. The van der Waals surface area contributed by atoms with Gasteiger partial charge in [0.05, 0.1) is 29.2 Å². The third-order valence-electron chi connectivity index (χ3n) is 3.19. The lowest BCUT2D eigenvalue weighted by atomic mass is 9.89. The predicted molar refractivity (Wildman–Crippen MR) is 78.3 cm³/mol. The normalized spacial score (nSPS) is 11.9. The lowest BCUT2D eigenvalue weighted by molar-refractivity contribution is 0.414. The summed E-state index contributed by atoms with van der Waals surface area (Å²) in [5.74, 6) is 0.751. The molecule has 0 N–H and O–H groups in total. The number of nitriles is 1. The molecule has 1 aromatic carbocycles. The standard InChI is InChI=1S/C15H21NO3S/c1-15(2,12-16)10-4-5-11-20(17,18)14-8-6-13(19-3)7-9-14/h6-9H,4-5,10-11H2,1-3H3. The van der Waals surface area contributed by atoms with Gasteiger partial charge in [-0.1, -0.05) is 6.42 Å². The monoisotopic (exact) mass is 295 g/mol. The first-order valence-corrected chi connectivity index (χ1v) is 8.24. The van der Waals surface area contributed by atoms with Crippen LogP contribution in [0.2, 0.25) is 0 Å². The zero-order valence-electron chi connectivity index (χ0n) is 12.2. The maximum atomic E-state index is 12.1. The molecule has 20 heavy (non-hydrogen) atoms. The quantitative estimate of drug-likeness (QED) is 0.724. The molecule has 0 aliphatic carbocycles. The van der Waals surface area contributed by atoms with E-state index in [9.17, 15) is 8.42 Å². The molecule has 0 saturated heterocycles. The predicted octanol–water partition coefficient (Wildman–Crippen LogP) is 3.19. The highest BCUT2D eigenvalue weighted by Gasteiger charge is 2.18. The van der Waals surface area contributed by atoms with Gasteiger partial charge in [0.2, 0.25) is 0 Å². The highest BCUT2D eigenvalue weighted by molar-refractivity contribution is 7.91. The van der Waals surface area contributed by atoms with E-state index in [1.165, 1.54) is 0 Å². The molecule has 0 radical (unpaired) electrons. The summed E-state index contributed by atoms with van der Waals surface area (Å²) in [6.45, 7) is 3.73. The molecule has 0 saturated carbocycles. The Morgan fingerprint density at radius 3 is 2.30 bits per heavy atom. The zero-order valence-corrected chi connectivity index (χ0v) is 13.0. The van der Waals surface area contributed by atoms with Gasteiger partial charge in [-0.25, -0.2) is 8.42 Å². The van der Waals surface area contributed by atoms with E-state index in [1.807, 2.05) is 13.8 Å². The van der Waals surface area contributed by atoms with Crippen molar-refractivity contribution in [2.75, 3.05) is 12.9 Å². The van der Waals surface area contributed by atoms with Crippen molar-refractivity contribution in [1.29, 1.82) is 5.26 Å². The van der Waals surface area contributed by atoms with E-state index in [-0.39, 0.29) is 11.2 Å². The molecular weight excluding hydrogens is 274 g/mol. The maximum Gasteiger partial charge on any atom is 0.178 e. The van der Waals surface area contributed by atoms with Crippen LogP contribution in [0.5, 0.6) is 5.75 Å². The number of benzene rings is 1. The maximum absolute atomic E-state index is 12.1. The Labute approximate surface area is 121 Å². The lowest BCUT2D eigenvalue weighted by Gasteiger charge is -2.14. The van der Waals surface area contributed by atoms with Gasteiger partial charge in [0, 0.05) is 0 Å². The number of rotatable bonds is 7. The molecule has 0 spiro atoms. The van der Waals surface area contributed by atoms with Gasteiger partial charge < -0.3 is 4.74 Å². The van der Waals surface area contributed by atoms with Gasteiger partial charge in [0.15, 0.2) is 9.84 Å². The van der Waals surface area contributed by atoms with E-state index < -0.39 is 9.84 Å². The molecule has 0 fully saturated rings. The Bertz CT molecular complexity index is 568. The second kappa shape index (κ2) is 6.76. The van der Waals surface area contributed by atoms with Crippen molar-refractivity contribution < 1.29 is 13.2 Å². The number of methoxy groups -OCH3 is 1. The first-order chi connectivity index (χ1) is 9.30. The highest BCUT2D eigenvalue weighted by Crippen LogP contribution is 2.23. The Kier molecular flexibility index (Phi) is 5.58. The molecule has 0 heterocycles. The molecule has 0 unspecified atom stereocenters. The number of nitrogens with zero attached hydrogens (tertiary/aromatic N) is 1. The van der Waals surface area contributed by atoms with E-state index in [1.54, 1.807) is 31.4 Å². The molecule has 0 atom stereocenters. The van der Waals surface area contributed by atoms with Crippen molar-refractivity contribution >= 4 is 9.84 Å². The average molecular weight is 295 g/mol. The van der Waals surface area contributed by atoms with Crippen LogP contribution in [0.1, 0.15) is 33.1 Å². The number of hydrogen-bond acceptors (Lipinski definition) is 4. The molecule has 1 aromatic rings. The minimum atomic E-state index is -3.25. The molecule has 110 valence electrons. The highest BCUT2D eigenvalue weighted by atomic mass is 32.2. The average Bonchev–Trinajstić information content (AvgIpc) is 2.44. The van der Waals surface area contributed by atoms with Gasteiger partial charge in [0.1, 0.15) is 5.75 Å². The first-order valence-electron chi connectivity index (χ1n) is 6.59. The van der Waals surface area contributed by atoms with Gasteiger partial charge in [0.25, 0.3) is 0 Å². The van der Waals surface area contributed by atoms with Crippen LogP contribution < -0.4 is 4.74 Å². The van der Waals surface area contributed by atoms with Crippen LogP contribution in [0, 0.1) is 16.7 Å². The van der Waals surface area contributed by atoms with Crippen molar-refractivity contribution in [3.05, 3.63) is 24.3 Å². The topological polar surface area (TPSA) is 67.2 Å². The van der Waals surface area contributed by atoms with Gasteiger partial charge >= 0.3 is 0 Å². The molecule has 0 amide bonds. The van der Waals surface area contributed by atoms with Crippen molar-refractivity contribution in [3.63, 3.8) is 0 Å². The molecule has 5 heteroatoms. The Hall–Kier alpha value is -1.54. The molecular formula is C15H21NO3S. The second-order valence-corrected chi connectivity index (χ2v) is 7.56. The van der Waals surface area contributed by atoms with Crippen molar-refractivity contribution in [1.82, 2.24) is 0 Å². The minimum absolute atomic E-state index is 0.112.